The summed E-state index contributed by atoms with van der Waals surface area (Å²) in [6.07, 6.45) is 3.67. The molecule has 0 N–H and O–H groups in total. The van der Waals surface area contributed by atoms with E-state index in [1.54, 1.807) is 20.0 Å². The van der Waals surface area contributed by atoms with Crippen LogP contribution in [0, 0.1) is 0 Å². The van der Waals surface area contributed by atoms with E-state index in [4.69, 9.17) is 0 Å². The van der Waals surface area contributed by atoms with Gasteiger partial charge in [0.1, 0.15) is 11.6 Å². The number of ketones is 2. The average molecular weight is 391 g/mol. The van der Waals surface area contributed by atoms with Gasteiger partial charge in [-0.2, -0.15) is 0 Å². The summed E-state index contributed by atoms with van der Waals surface area (Å²) in [6.45, 7) is 9.16. The van der Waals surface area contributed by atoms with E-state index in [0.29, 0.717) is 12.8 Å². The molecular weight excluding hydrogens is 365 g/mol. The number of halogens is 1. The van der Waals surface area contributed by atoms with E-state index in [9.17, 15) is 9.59 Å². The Balaban J connectivity index is 0. The zero-order chi connectivity index (χ0) is 14.8. The SMILES string of the molecule is CC.CCc1ccc(C(CCC(C)=O)C(C)=O)cn1.I. The van der Waals surface area contributed by atoms with Gasteiger partial charge in [-0.05, 0) is 38.3 Å². The van der Waals surface area contributed by atoms with Crippen molar-refractivity contribution < 1.29 is 9.59 Å². The van der Waals surface area contributed by atoms with Gasteiger partial charge in [0.05, 0.1) is 0 Å². The molecule has 0 aromatic carbocycles. The summed E-state index contributed by atoms with van der Waals surface area (Å²) in [6, 6.07) is 3.89. The van der Waals surface area contributed by atoms with Crippen molar-refractivity contribution in [2.45, 2.75) is 59.8 Å². The summed E-state index contributed by atoms with van der Waals surface area (Å²) < 4.78 is 0. The lowest BCUT2D eigenvalue weighted by molar-refractivity contribution is -0.119. The smallest absolute Gasteiger partial charge is 0.137 e. The predicted molar refractivity (Wildman–Crippen MR) is 93.7 cm³/mol. The lowest BCUT2D eigenvalue weighted by Crippen LogP contribution is -2.11. The van der Waals surface area contributed by atoms with Gasteiger partial charge >= 0.3 is 0 Å². The van der Waals surface area contributed by atoms with Crippen molar-refractivity contribution in [2.75, 3.05) is 0 Å². The molecule has 0 saturated carbocycles. The maximum Gasteiger partial charge on any atom is 0.137 e. The Morgan fingerprint density at radius 1 is 1.20 bits per heavy atom. The molecule has 0 spiro atoms. The molecule has 0 aliphatic heterocycles. The van der Waals surface area contributed by atoms with E-state index in [1.165, 1.54) is 0 Å². The monoisotopic (exact) mass is 391 g/mol. The lowest BCUT2D eigenvalue weighted by atomic mass is 9.91. The molecular formula is C16H26INO2. The number of carbonyl (C=O) groups excluding carboxylic acids is 2. The highest BCUT2D eigenvalue weighted by atomic mass is 127. The molecule has 4 heteroatoms. The minimum absolute atomic E-state index is 0. The van der Waals surface area contributed by atoms with Gasteiger partial charge in [0.25, 0.3) is 0 Å². The van der Waals surface area contributed by atoms with Crippen LogP contribution in [-0.2, 0) is 16.0 Å². The fraction of sp³-hybridized carbons (Fsp3) is 0.562. The molecule has 3 nitrogen and oxygen atoms in total. The Labute approximate surface area is 139 Å². The van der Waals surface area contributed by atoms with Gasteiger partial charge < -0.3 is 4.79 Å². The quantitative estimate of drug-likeness (QED) is 0.679. The second-order valence-electron chi connectivity index (χ2n) is 4.34. The number of Topliss-reactive ketones (excluding diaryl/α,β-unsaturated/α-hetero) is 2. The second-order valence-corrected chi connectivity index (χ2v) is 4.34. The molecule has 0 fully saturated rings. The van der Waals surface area contributed by atoms with Crippen molar-refractivity contribution in [2.24, 2.45) is 0 Å². The molecule has 114 valence electrons. The molecule has 0 aliphatic rings. The highest BCUT2D eigenvalue weighted by molar-refractivity contribution is 14.0. The summed E-state index contributed by atoms with van der Waals surface area (Å²) in [5.74, 6) is 0.0176. The molecule has 0 saturated heterocycles. The molecule has 1 aromatic heterocycles. The lowest BCUT2D eigenvalue weighted by Gasteiger charge is -2.13. The summed E-state index contributed by atoms with van der Waals surface area (Å²) in [5.41, 5.74) is 1.93. The molecule has 0 aliphatic carbocycles. The molecule has 1 unspecified atom stereocenters. The molecule has 20 heavy (non-hydrogen) atoms. The van der Waals surface area contributed by atoms with Gasteiger partial charge in [0.2, 0.25) is 0 Å². The number of pyridine rings is 1. The second kappa shape index (κ2) is 12.0. The highest BCUT2D eigenvalue weighted by Gasteiger charge is 2.17. The van der Waals surface area contributed by atoms with Gasteiger partial charge in [-0.15, -0.1) is 24.0 Å². The number of aryl methyl sites for hydroxylation is 1. The van der Waals surface area contributed by atoms with Crippen molar-refractivity contribution >= 4 is 35.5 Å². The van der Waals surface area contributed by atoms with E-state index >= 15 is 0 Å². The Hall–Kier alpha value is -0.780. The van der Waals surface area contributed by atoms with Crippen LogP contribution in [0.3, 0.4) is 0 Å². The number of carbonyl (C=O) groups is 2. The van der Waals surface area contributed by atoms with Crippen molar-refractivity contribution in [1.29, 1.82) is 0 Å². The van der Waals surface area contributed by atoms with E-state index in [2.05, 4.69) is 4.98 Å². The largest absolute Gasteiger partial charge is 0.300 e. The van der Waals surface area contributed by atoms with Gasteiger partial charge in [-0.3, -0.25) is 9.78 Å². The topological polar surface area (TPSA) is 47.0 Å². The van der Waals surface area contributed by atoms with E-state index < -0.39 is 0 Å². The molecule has 1 aromatic rings. The third-order valence-electron chi connectivity index (χ3n) is 2.89. The first-order valence-electron chi connectivity index (χ1n) is 6.99. The molecule has 1 atom stereocenters. The van der Waals surface area contributed by atoms with E-state index in [1.807, 2.05) is 32.9 Å². The van der Waals surface area contributed by atoms with Gasteiger partial charge in [-0.25, -0.2) is 0 Å². The van der Waals surface area contributed by atoms with Crippen LogP contribution in [0.15, 0.2) is 18.3 Å². The Morgan fingerprint density at radius 2 is 1.80 bits per heavy atom. The van der Waals surface area contributed by atoms with Crippen LogP contribution < -0.4 is 0 Å². The first-order chi connectivity index (χ1) is 9.04. The van der Waals surface area contributed by atoms with Gasteiger partial charge in [-0.1, -0.05) is 26.8 Å². The summed E-state index contributed by atoms with van der Waals surface area (Å²) >= 11 is 0. The van der Waals surface area contributed by atoms with E-state index in [-0.39, 0.29) is 41.5 Å². The molecule has 0 bridgehead atoms. The Bertz CT molecular complexity index is 401. The number of hydrogen-bond donors (Lipinski definition) is 0. The molecule has 1 rings (SSSR count). The third-order valence-corrected chi connectivity index (χ3v) is 2.89. The van der Waals surface area contributed by atoms with Crippen LogP contribution in [0.25, 0.3) is 0 Å². The van der Waals surface area contributed by atoms with Crippen molar-refractivity contribution in [3.63, 3.8) is 0 Å². The minimum Gasteiger partial charge on any atom is -0.300 e. The van der Waals surface area contributed by atoms with Crippen LogP contribution in [-0.4, -0.2) is 16.6 Å². The number of rotatable bonds is 6. The maximum absolute atomic E-state index is 11.6. The molecule has 0 radical (unpaired) electrons. The average Bonchev–Trinajstić information content (AvgIpc) is 2.41. The zero-order valence-corrected chi connectivity index (χ0v) is 15.4. The normalized spacial score (nSPS) is 10.7. The summed E-state index contributed by atoms with van der Waals surface area (Å²) in [4.78, 5) is 26.8. The standard InChI is InChI=1S/C14H19NO2.C2H6.HI/c1-4-13-7-6-12(9-15-13)14(11(3)17)8-5-10(2)16;1-2;/h6-7,9,14H,4-5,8H2,1-3H3;1-2H3;1H. The van der Waals surface area contributed by atoms with Crippen LogP contribution in [0.4, 0.5) is 0 Å². The van der Waals surface area contributed by atoms with Crippen molar-refractivity contribution in [3.8, 4) is 0 Å². The van der Waals surface area contributed by atoms with Crippen LogP contribution in [0.5, 0.6) is 0 Å². The number of nitrogens with zero attached hydrogens (tertiary/aromatic N) is 1. The molecule has 0 amide bonds. The van der Waals surface area contributed by atoms with Crippen LogP contribution >= 0.6 is 24.0 Å². The van der Waals surface area contributed by atoms with Crippen molar-refractivity contribution in [3.05, 3.63) is 29.6 Å². The van der Waals surface area contributed by atoms with Gasteiger partial charge in [0.15, 0.2) is 0 Å². The van der Waals surface area contributed by atoms with Crippen LogP contribution in [0.2, 0.25) is 0 Å². The van der Waals surface area contributed by atoms with Crippen molar-refractivity contribution in [1.82, 2.24) is 4.98 Å². The first-order valence-corrected chi connectivity index (χ1v) is 6.99. The number of hydrogen-bond acceptors (Lipinski definition) is 3. The Kier molecular flexibility index (Phi) is 12.9. The maximum atomic E-state index is 11.6. The van der Waals surface area contributed by atoms with Gasteiger partial charge in [0, 0.05) is 24.2 Å². The Morgan fingerprint density at radius 3 is 2.15 bits per heavy atom. The van der Waals surface area contributed by atoms with Crippen LogP contribution in [0.1, 0.15) is 64.6 Å². The number of aromatic nitrogens is 1. The van der Waals surface area contributed by atoms with E-state index in [0.717, 1.165) is 17.7 Å². The fourth-order valence-corrected chi connectivity index (χ4v) is 1.80. The predicted octanol–water partition coefficient (Wildman–Crippen LogP) is 4.33. The minimum atomic E-state index is -0.197. The highest BCUT2D eigenvalue weighted by Crippen LogP contribution is 2.22. The first kappa shape index (κ1) is 21.5. The molecule has 1 heterocycles. The summed E-state index contributed by atoms with van der Waals surface area (Å²) in [5, 5.41) is 0. The summed E-state index contributed by atoms with van der Waals surface area (Å²) in [7, 11) is 0. The zero-order valence-electron chi connectivity index (χ0n) is 13.1. The third kappa shape index (κ3) is 7.72. The fourth-order valence-electron chi connectivity index (χ4n) is 1.80.